The van der Waals surface area contributed by atoms with Gasteiger partial charge in [-0.25, -0.2) is 0 Å². The van der Waals surface area contributed by atoms with Crippen LogP contribution in [-0.4, -0.2) is 31.7 Å². The van der Waals surface area contributed by atoms with Gasteiger partial charge in [-0.2, -0.15) is 13.2 Å². The van der Waals surface area contributed by atoms with Crippen LogP contribution in [0.15, 0.2) is 0 Å². The van der Waals surface area contributed by atoms with Gasteiger partial charge >= 0.3 is 6.18 Å². The molecule has 1 heterocycles. The van der Waals surface area contributed by atoms with Crippen LogP contribution < -0.4 is 10.6 Å². The molecule has 0 bridgehead atoms. The molecular formula is C14H25F3N2O. The van der Waals surface area contributed by atoms with Crippen molar-refractivity contribution in [3.05, 3.63) is 0 Å². The van der Waals surface area contributed by atoms with Crippen molar-refractivity contribution in [3.63, 3.8) is 0 Å². The number of rotatable bonds is 7. The molecule has 0 aliphatic carbocycles. The van der Waals surface area contributed by atoms with Crippen molar-refractivity contribution in [2.75, 3.05) is 19.6 Å². The molecule has 0 saturated carbocycles. The van der Waals surface area contributed by atoms with E-state index in [0.717, 1.165) is 38.8 Å². The largest absolute Gasteiger partial charge is 0.389 e. The first-order valence-electron chi connectivity index (χ1n) is 7.45. The molecule has 20 heavy (non-hydrogen) atoms. The maximum absolute atomic E-state index is 12.3. The molecule has 0 aromatic rings. The van der Waals surface area contributed by atoms with Gasteiger partial charge in [0.05, 0.1) is 5.41 Å². The summed E-state index contributed by atoms with van der Waals surface area (Å²) in [6.45, 7) is 4.07. The van der Waals surface area contributed by atoms with Crippen molar-refractivity contribution in [3.8, 4) is 0 Å². The summed E-state index contributed by atoms with van der Waals surface area (Å²) in [5.74, 6) is 0.0212. The summed E-state index contributed by atoms with van der Waals surface area (Å²) in [5, 5.41) is 6.07. The first-order valence-corrected chi connectivity index (χ1v) is 7.45. The fraction of sp³-hybridized carbons (Fsp3) is 0.929. The van der Waals surface area contributed by atoms with Crippen LogP contribution in [0.5, 0.6) is 0 Å². The van der Waals surface area contributed by atoms with E-state index in [4.69, 9.17) is 0 Å². The highest BCUT2D eigenvalue weighted by Crippen LogP contribution is 2.34. The number of nitrogens with one attached hydrogen (secondary N) is 2. The zero-order chi connectivity index (χ0) is 15.1. The second-order valence-electron chi connectivity index (χ2n) is 5.61. The number of unbranched alkanes of at least 4 members (excludes halogenated alkanes) is 1. The van der Waals surface area contributed by atoms with Crippen LogP contribution in [0.25, 0.3) is 0 Å². The molecule has 0 unspecified atom stereocenters. The third kappa shape index (κ3) is 5.69. The summed E-state index contributed by atoms with van der Waals surface area (Å²) in [6.07, 6.45) is -0.984. The molecule has 1 saturated heterocycles. The SMILES string of the molecule is CCCC1(C(=O)NCCCCC(F)(F)F)CCNCC1. The van der Waals surface area contributed by atoms with Crippen molar-refractivity contribution in [2.45, 2.75) is 58.0 Å². The maximum Gasteiger partial charge on any atom is 0.389 e. The Labute approximate surface area is 118 Å². The fourth-order valence-electron chi connectivity index (χ4n) is 2.81. The molecule has 6 heteroatoms. The molecule has 0 atom stereocenters. The van der Waals surface area contributed by atoms with Crippen LogP contribution in [0.2, 0.25) is 0 Å². The van der Waals surface area contributed by atoms with Crippen LogP contribution in [0.4, 0.5) is 13.2 Å². The molecule has 0 radical (unpaired) electrons. The molecule has 3 nitrogen and oxygen atoms in total. The molecule has 1 aliphatic rings. The van der Waals surface area contributed by atoms with E-state index in [0.29, 0.717) is 13.0 Å². The van der Waals surface area contributed by atoms with Gasteiger partial charge in [-0.1, -0.05) is 13.3 Å². The van der Waals surface area contributed by atoms with E-state index in [1.165, 1.54) is 0 Å². The Morgan fingerprint density at radius 2 is 1.90 bits per heavy atom. The minimum absolute atomic E-state index is 0.0212. The van der Waals surface area contributed by atoms with Gasteiger partial charge in [0.25, 0.3) is 0 Å². The zero-order valence-corrected chi connectivity index (χ0v) is 12.1. The molecule has 118 valence electrons. The van der Waals surface area contributed by atoms with E-state index in [1.807, 2.05) is 0 Å². The van der Waals surface area contributed by atoms with E-state index in [-0.39, 0.29) is 17.7 Å². The summed E-state index contributed by atoms with van der Waals surface area (Å²) < 4.78 is 36.0. The second-order valence-corrected chi connectivity index (χ2v) is 5.61. The lowest BCUT2D eigenvalue weighted by atomic mass is 9.74. The van der Waals surface area contributed by atoms with Crippen molar-refractivity contribution in [1.82, 2.24) is 10.6 Å². The first kappa shape index (κ1) is 17.3. The topological polar surface area (TPSA) is 41.1 Å². The monoisotopic (exact) mass is 294 g/mol. The fourth-order valence-corrected chi connectivity index (χ4v) is 2.81. The summed E-state index contributed by atoms with van der Waals surface area (Å²) in [5.41, 5.74) is -0.315. The molecule has 0 aromatic heterocycles. The highest BCUT2D eigenvalue weighted by Gasteiger charge is 2.38. The Kier molecular flexibility index (Phi) is 6.79. The highest BCUT2D eigenvalue weighted by molar-refractivity contribution is 5.82. The predicted octanol–water partition coefficient (Wildman–Crippen LogP) is 3.01. The highest BCUT2D eigenvalue weighted by atomic mass is 19.4. The van der Waals surface area contributed by atoms with Gasteiger partial charge in [-0.3, -0.25) is 4.79 Å². The van der Waals surface area contributed by atoms with E-state index in [1.54, 1.807) is 0 Å². The van der Waals surface area contributed by atoms with Gasteiger partial charge in [0, 0.05) is 13.0 Å². The molecule has 1 fully saturated rings. The van der Waals surface area contributed by atoms with Crippen LogP contribution in [0, 0.1) is 5.41 Å². The predicted molar refractivity (Wildman–Crippen MR) is 72.4 cm³/mol. The van der Waals surface area contributed by atoms with Crippen LogP contribution in [0.3, 0.4) is 0 Å². The number of hydrogen-bond acceptors (Lipinski definition) is 2. The Hall–Kier alpha value is -0.780. The smallest absolute Gasteiger partial charge is 0.356 e. The summed E-state index contributed by atoms with van der Waals surface area (Å²) in [4.78, 5) is 12.3. The lowest BCUT2D eigenvalue weighted by Crippen LogP contribution is -2.47. The van der Waals surface area contributed by atoms with Gasteiger partial charge in [-0.05, 0) is 45.2 Å². The molecule has 0 aromatic carbocycles. The Morgan fingerprint density at radius 1 is 1.25 bits per heavy atom. The summed E-state index contributed by atoms with van der Waals surface area (Å²) in [7, 11) is 0. The number of carbonyl (C=O) groups excluding carboxylic acids is 1. The average Bonchev–Trinajstić information content (AvgIpc) is 2.38. The van der Waals surface area contributed by atoms with Gasteiger partial charge in [-0.15, -0.1) is 0 Å². The summed E-state index contributed by atoms with van der Waals surface area (Å²) in [6, 6.07) is 0. The van der Waals surface area contributed by atoms with Crippen LogP contribution in [-0.2, 0) is 4.79 Å². The molecule has 2 N–H and O–H groups in total. The third-order valence-corrected chi connectivity index (χ3v) is 3.94. The Bertz CT molecular complexity index is 294. The van der Waals surface area contributed by atoms with E-state index < -0.39 is 12.6 Å². The average molecular weight is 294 g/mol. The summed E-state index contributed by atoms with van der Waals surface area (Å²) >= 11 is 0. The lowest BCUT2D eigenvalue weighted by Gasteiger charge is -2.36. The van der Waals surface area contributed by atoms with E-state index >= 15 is 0 Å². The van der Waals surface area contributed by atoms with E-state index in [2.05, 4.69) is 17.6 Å². The van der Waals surface area contributed by atoms with Gasteiger partial charge in [0.15, 0.2) is 0 Å². The van der Waals surface area contributed by atoms with Gasteiger partial charge in [0.2, 0.25) is 5.91 Å². The van der Waals surface area contributed by atoms with Crippen LogP contribution >= 0.6 is 0 Å². The number of carbonyl (C=O) groups is 1. The maximum atomic E-state index is 12.3. The number of piperidine rings is 1. The lowest BCUT2D eigenvalue weighted by molar-refractivity contribution is -0.135. The molecule has 1 aliphatic heterocycles. The number of amides is 1. The molecule has 1 amide bonds. The number of hydrogen-bond donors (Lipinski definition) is 2. The van der Waals surface area contributed by atoms with Gasteiger partial charge in [0.1, 0.15) is 0 Å². The molecular weight excluding hydrogens is 269 g/mol. The van der Waals surface area contributed by atoms with Crippen molar-refractivity contribution in [1.29, 1.82) is 0 Å². The quantitative estimate of drug-likeness (QED) is 0.709. The standard InChI is InChI=1S/C14H25F3N2O/c1-2-5-13(7-10-18-11-8-13)12(20)19-9-4-3-6-14(15,16)17/h18H,2-11H2,1H3,(H,19,20). The van der Waals surface area contributed by atoms with Crippen molar-refractivity contribution < 1.29 is 18.0 Å². The number of alkyl halides is 3. The molecule has 0 spiro atoms. The first-order chi connectivity index (χ1) is 9.40. The normalized spacial score (nSPS) is 18.8. The van der Waals surface area contributed by atoms with Crippen molar-refractivity contribution >= 4 is 5.91 Å². The minimum atomic E-state index is -4.09. The zero-order valence-electron chi connectivity index (χ0n) is 12.1. The molecule has 1 rings (SSSR count). The van der Waals surface area contributed by atoms with Crippen molar-refractivity contribution in [2.24, 2.45) is 5.41 Å². The van der Waals surface area contributed by atoms with E-state index in [9.17, 15) is 18.0 Å². The number of halogens is 3. The van der Waals surface area contributed by atoms with Gasteiger partial charge < -0.3 is 10.6 Å². The second kappa shape index (κ2) is 7.86. The third-order valence-electron chi connectivity index (χ3n) is 3.94. The minimum Gasteiger partial charge on any atom is -0.356 e. The Morgan fingerprint density at radius 3 is 2.45 bits per heavy atom. The Balaban J connectivity index is 2.32. The van der Waals surface area contributed by atoms with Crippen LogP contribution in [0.1, 0.15) is 51.9 Å².